The molecule has 1 aromatic carbocycles. The van der Waals surface area contributed by atoms with E-state index in [1.165, 1.54) is 12.8 Å². The lowest BCUT2D eigenvalue weighted by Crippen LogP contribution is -2.19. The van der Waals surface area contributed by atoms with Gasteiger partial charge in [-0.2, -0.15) is 0 Å². The molecule has 3 heterocycles. The number of ether oxygens (including phenoxy) is 3. The normalized spacial score (nSPS) is 15.6. The van der Waals surface area contributed by atoms with Crippen LogP contribution in [0.15, 0.2) is 30.6 Å². The van der Waals surface area contributed by atoms with Crippen molar-refractivity contribution >= 4 is 11.6 Å². The number of hydrogen-bond donors (Lipinski definition) is 1. The first-order chi connectivity index (χ1) is 11.9. The SMILES string of the molecule is c1nc(NCCOc2ccc3c(c2)OCO3)cc(N2CCCC2)n1. The van der Waals surface area contributed by atoms with E-state index in [0.717, 1.165) is 42.0 Å². The fourth-order valence-electron chi connectivity index (χ4n) is 2.88. The highest BCUT2D eigenvalue weighted by Crippen LogP contribution is 2.35. The van der Waals surface area contributed by atoms with E-state index in [-0.39, 0.29) is 6.79 Å². The number of benzene rings is 1. The Balaban J connectivity index is 1.27. The van der Waals surface area contributed by atoms with Crippen LogP contribution in [0, 0.1) is 0 Å². The molecule has 7 nitrogen and oxygen atoms in total. The number of nitrogens with zero attached hydrogens (tertiary/aromatic N) is 3. The fraction of sp³-hybridized carbons (Fsp3) is 0.412. The molecule has 0 atom stereocenters. The van der Waals surface area contributed by atoms with Crippen LogP contribution in [0.5, 0.6) is 17.2 Å². The first-order valence-electron chi connectivity index (χ1n) is 8.22. The van der Waals surface area contributed by atoms with E-state index in [1.807, 2.05) is 24.3 Å². The molecule has 0 spiro atoms. The minimum absolute atomic E-state index is 0.271. The zero-order valence-electron chi connectivity index (χ0n) is 13.4. The lowest BCUT2D eigenvalue weighted by atomic mass is 10.3. The van der Waals surface area contributed by atoms with Gasteiger partial charge in [0.05, 0.1) is 6.54 Å². The van der Waals surface area contributed by atoms with Gasteiger partial charge in [0.25, 0.3) is 0 Å². The Morgan fingerprint density at radius 2 is 1.96 bits per heavy atom. The summed E-state index contributed by atoms with van der Waals surface area (Å²) in [6, 6.07) is 7.58. The largest absolute Gasteiger partial charge is 0.492 e. The van der Waals surface area contributed by atoms with Gasteiger partial charge in [-0.1, -0.05) is 0 Å². The molecule has 1 N–H and O–H groups in total. The van der Waals surface area contributed by atoms with E-state index in [0.29, 0.717) is 13.2 Å². The molecule has 2 aliphatic rings. The maximum atomic E-state index is 5.73. The zero-order valence-corrected chi connectivity index (χ0v) is 13.4. The van der Waals surface area contributed by atoms with Crippen molar-refractivity contribution in [3.63, 3.8) is 0 Å². The molecule has 1 fully saturated rings. The highest BCUT2D eigenvalue weighted by atomic mass is 16.7. The van der Waals surface area contributed by atoms with Crippen LogP contribution >= 0.6 is 0 Å². The van der Waals surface area contributed by atoms with Crippen molar-refractivity contribution in [2.75, 3.05) is 43.3 Å². The summed E-state index contributed by atoms with van der Waals surface area (Å²) >= 11 is 0. The van der Waals surface area contributed by atoms with E-state index in [2.05, 4.69) is 20.2 Å². The second kappa shape index (κ2) is 6.82. The topological polar surface area (TPSA) is 68.7 Å². The number of aromatic nitrogens is 2. The van der Waals surface area contributed by atoms with Crippen LogP contribution in [0.1, 0.15) is 12.8 Å². The van der Waals surface area contributed by atoms with E-state index in [4.69, 9.17) is 14.2 Å². The van der Waals surface area contributed by atoms with E-state index < -0.39 is 0 Å². The van der Waals surface area contributed by atoms with Gasteiger partial charge >= 0.3 is 0 Å². The highest BCUT2D eigenvalue weighted by molar-refractivity contribution is 5.49. The van der Waals surface area contributed by atoms with Crippen LogP contribution in [0.25, 0.3) is 0 Å². The number of fused-ring (bicyclic) bond motifs is 1. The van der Waals surface area contributed by atoms with Crippen molar-refractivity contribution in [3.8, 4) is 17.2 Å². The van der Waals surface area contributed by atoms with Gasteiger partial charge in [0, 0.05) is 25.2 Å². The molecule has 2 aromatic rings. The molecule has 7 heteroatoms. The molecule has 2 aliphatic heterocycles. The average Bonchev–Trinajstić information content (AvgIpc) is 3.30. The molecular formula is C17H20N4O3. The third-order valence-electron chi connectivity index (χ3n) is 4.10. The Bertz CT molecular complexity index is 704. The molecule has 0 saturated carbocycles. The quantitative estimate of drug-likeness (QED) is 0.816. The zero-order chi connectivity index (χ0) is 16.2. The van der Waals surface area contributed by atoms with Crippen LogP contribution in [-0.2, 0) is 0 Å². The van der Waals surface area contributed by atoms with E-state index >= 15 is 0 Å². The molecule has 0 bridgehead atoms. The van der Waals surface area contributed by atoms with E-state index in [9.17, 15) is 0 Å². The minimum atomic E-state index is 0.271. The predicted molar refractivity (Wildman–Crippen MR) is 90.0 cm³/mol. The summed E-state index contributed by atoms with van der Waals surface area (Å²) in [7, 11) is 0. The van der Waals surface area contributed by atoms with Gasteiger partial charge in [0.1, 0.15) is 30.3 Å². The van der Waals surface area contributed by atoms with Crippen molar-refractivity contribution in [1.82, 2.24) is 9.97 Å². The summed E-state index contributed by atoms with van der Waals surface area (Å²) in [6.07, 6.45) is 4.07. The van der Waals surface area contributed by atoms with E-state index in [1.54, 1.807) is 6.33 Å². The van der Waals surface area contributed by atoms with Crippen molar-refractivity contribution in [3.05, 3.63) is 30.6 Å². The first kappa shape index (κ1) is 14.9. The summed E-state index contributed by atoms with van der Waals surface area (Å²) in [5, 5.41) is 3.27. The molecule has 126 valence electrons. The second-order valence-electron chi connectivity index (χ2n) is 5.75. The molecular weight excluding hydrogens is 308 g/mol. The lowest BCUT2D eigenvalue weighted by molar-refractivity contribution is 0.174. The summed E-state index contributed by atoms with van der Waals surface area (Å²) in [5.41, 5.74) is 0. The first-order valence-corrected chi connectivity index (χ1v) is 8.22. The van der Waals surface area contributed by atoms with Crippen LogP contribution < -0.4 is 24.4 Å². The van der Waals surface area contributed by atoms with Crippen molar-refractivity contribution in [2.45, 2.75) is 12.8 Å². The van der Waals surface area contributed by atoms with Crippen LogP contribution in [-0.4, -0.2) is 43.0 Å². The molecule has 1 saturated heterocycles. The fourth-order valence-corrected chi connectivity index (χ4v) is 2.88. The van der Waals surface area contributed by atoms with Crippen LogP contribution in [0.4, 0.5) is 11.6 Å². The Hall–Kier alpha value is -2.70. The Kier molecular flexibility index (Phi) is 4.22. The average molecular weight is 328 g/mol. The van der Waals surface area contributed by atoms with Gasteiger partial charge in [-0.15, -0.1) is 0 Å². The third-order valence-corrected chi connectivity index (χ3v) is 4.10. The molecule has 24 heavy (non-hydrogen) atoms. The summed E-state index contributed by atoms with van der Waals surface area (Å²) in [6.45, 7) is 3.61. The lowest BCUT2D eigenvalue weighted by Gasteiger charge is -2.16. The van der Waals surface area contributed by atoms with Crippen molar-refractivity contribution in [1.29, 1.82) is 0 Å². The molecule has 1 aromatic heterocycles. The maximum absolute atomic E-state index is 5.73. The monoisotopic (exact) mass is 328 g/mol. The maximum Gasteiger partial charge on any atom is 0.231 e. The molecule has 0 aliphatic carbocycles. The number of hydrogen-bond acceptors (Lipinski definition) is 7. The summed E-state index contributed by atoms with van der Waals surface area (Å²) < 4.78 is 16.4. The van der Waals surface area contributed by atoms with Gasteiger partial charge in [-0.25, -0.2) is 9.97 Å². The van der Waals surface area contributed by atoms with Crippen molar-refractivity contribution < 1.29 is 14.2 Å². The van der Waals surface area contributed by atoms with Gasteiger partial charge in [0.15, 0.2) is 11.5 Å². The molecule has 4 rings (SSSR count). The molecule has 0 unspecified atom stereocenters. The number of rotatable bonds is 6. The van der Waals surface area contributed by atoms with Crippen molar-refractivity contribution in [2.24, 2.45) is 0 Å². The third kappa shape index (κ3) is 3.29. The summed E-state index contributed by atoms with van der Waals surface area (Å²) in [4.78, 5) is 10.9. The Morgan fingerprint density at radius 1 is 1.08 bits per heavy atom. The molecule has 0 radical (unpaired) electrons. The Labute approximate surface area is 140 Å². The van der Waals surface area contributed by atoms with Gasteiger partial charge < -0.3 is 24.4 Å². The van der Waals surface area contributed by atoms with Crippen LogP contribution in [0.2, 0.25) is 0 Å². The number of anilines is 2. The highest BCUT2D eigenvalue weighted by Gasteiger charge is 2.14. The number of nitrogens with one attached hydrogen (secondary N) is 1. The van der Waals surface area contributed by atoms with Crippen LogP contribution in [0.3, 0.4) is 0 Å². The van der Waals surface area contributed by atoms with Gasteiger partial charge in [-0.3, -0.25) is 0 Å². The smallest absolute Gasteiger partial charge is 0.231 e. The molecule has 0 amide bonds. The summed E-state index contributed by atoms with van der Waals surface area (Å²) in [5.74, 6) is 4.06. The van der Waals surface area contributed by atoms with Gasteiger partial charge in [0.2, 0.25) is 6.79 Å². The van der Waals surface area contributed by atoms with Gasteiger partial charge in [-0.05, 0) is 25.0 Å². The second-order valence-corrected chi connectivity index (χ2v) is 5.75. The predicted octanol–water partition coefficient (Wildman–Crippen LogP) is 2.30. The minimum Gasteiger partial charge on any atom is -0.492 e. The standard InChI is InChI=1S/C17H20N4O3/c1-2-7-21(6-1)17-10-16(19-11-20-17)18-5-8-22-13-3-4-14-15(9-13)24-12-23-14/h3-4,9-11H,1-2,5-8,12H2,(H,18,19,20). The Morgan fingerprint density at radius 3 is 2.88 bits per heavy atom.